The molecule has 3 aromatic rings. The molecule has 9 nitrogen and oxygen atoms in total. The molecule has 0 bridgehead atoms. The third-order valence-electron chi connectivity index (χ3n) is 6.75. The van der Waals surface area contributed by atoms with Gasteiger partial charge in [0, 0.05) is 30.9 Å². The summed E-state index contributed by atoms with van der Waals surface area (Å²) in [5, 5.41) is 2.83. The lowest BCUT2D eigenvalue weighted by molar-refractivity contribution is -0.121. The Hall–Kier alpha value is -3.89. The Balaban J connectivity index is 1.39. The monoisotopic (exact) mass is 565 g/mol. The summed E-state index contributed by atoms with van der Waals surface area (Å²) < 4.78 is 38.3. The van der Waals surface area contributed by atoms with Gasteiger partial charge in [-0.05, 0) is 73.9 Å². The molecular formula is C30H35N3O6S. The zero-order valence-corrected chi connectivity index (χ0v) is 23.9. The highest BCUT2D eigenvalue weighted by molar-refractivity contribution is 7.89. The van der Waals surface area contributed by atoms with Crippen LogP contribution in [0.1, 0.15) is 42.6 Å². The van der Waals surface area contributed by atoms with Crippen LogP contribution < -0.4 is 19.7 Å². The van der Waals surface area contributed by atoms with Crippen LogP contribution in [0.4, 0.5) is 11.4 Å². The van der Waals surface area contributed by atoms with Gasteiger partial charge in [0.25, 0.3) is 11.8 Å². The summed E-state index contributed by atoms with van der Waals surface area (Å²) in [7, 11) is -3.61. The van der Waals surface area contributed by atoms with E-state index in [1.807, 2.05) is 31.2 Å². The summed E-state index contributed by atoms with van der Waals surface area (Å²) in [4.78, 5) is 27.4. The van der Waals surface area contributed by atoms with Gasteiger partial charge < -0.3 is 19.7 Å². The van der Waals surface area contributed by atoms with E-state index in [2.05, 4.69) is 5.32 Å². The Morgan fingerprint density at radius 1 is 1.02 bits per heavy atom. The van der Waals surface area contributed by atoms with Crippen LogP contribution in [0.15, 0.2) is 71.6 Å². The molecule has 1 aliphatic rings. The molecule has 0 fully saturated rings. The number of benzene rings is 3. The maximum Gasteiger partial charge on any atom is 0.265 e. The first-order valence-corrected chi connectivity index (χ1v) is 14.9. The van der Waals surface area contributed by atoms with E-state index < -0.39 is 15.9 Å². The van der Waals surface area contributed by atoms with Crippen molar-refractivity contribution in [1.29, 1.82) is 0 Å². The van der Waals surface area contributed by atoms with Crippen LogP contribution in [0.25, 0.3) is 0 Å². The Morgan fingerprint density at radius 3 is 2.45 bits per heavy atom. The Morgan fingerprint density at radius 2 is 1.75 bits per heavy atom. The number of fused-ring (bicyclic) bond motifs is 1. The molecule has 0 radical (unpaired) electrons. The molecule has 1 N–H and O–H groups in total. The van der Waals surface area contributed by atoms with Crippen LogP contribution in [0.3, 0.4) is 0 Å². The number of nitrogens with one attached hydrogen (secondary N) is 1. The lowest BCUT2D eigenvalue weighted by Gasteiger charge is -2.30. The van der Waals surface area contributed by atoms with Crippen molar-refractivity contribution in [1.82, 2.24) is 4.31 Å². The van der Waals surface area contributed by atoms with Crippen LogP contribution in [-0.4, -0.2) is 57.4 Å². The average Bonchev–Trinajstić information content (AvgIpc) is 2.95. The van der Waals surface area contributed by atoms with Gasteiger partial charge in [-0.3, -0.25) is 9.59 Å². The highest BCUT2D eigenvalue weighted by Gasteiger charge is 2.26. The quantitative estimate of drug-likeness (QED) is 0.315. The van der Waals surface area contributed by atoms with Gasteiger partial charge in [0.2, 0.25) is 10.0 Å². The number of rotatable bonds is 12. The highest BCUT2D eigenvalue weighted by Crippen LogP contribution is 2.35. The Labute approximate surface area is 235 Å². The normalized spacial score (nSPS) is 13.1. The largest absolute Gasteiger partial charge is 0.493 e. The van der Waals surface area contributed by atoms with Crippen molar-refractivity contribution in [3.63, 3.8) is 0 Å². The van der Waals surface area contributed by atoms with E-state index in [-0.39, 0.29) is 17.4 Å². The number of carbonyl (C=O) groups is 2. The maximum atomic E-state index is 12.9. The van der Waals surface area contributed by atoms with Gasteiger partial charge in [0.1, 0.15) is 11.5 Å². The van der Waals surface area contributed by atoms with Gasteiger partial charge in [0.05, 0.1) is 17.2 Å². The zero-order valence-electron chi connectivity index (χ0n) is 23.1. The van der Waals surface area contributed by atoms with Crippen molar-refractivity contribution in [2.75, 3.05) is 43.1 Å². The minimum atomic E-state index is -3.61. The second-order valence-corrected chi connectivity index (χ2v) is 11.3. The molecule has 2 amide bonds. The number of para-hydroxylation sites is 1. The number of anilines is 2. The van der Waals surface area contributed by atoms with Gasteiger partial charge in [-0.25, -0.2) is 8.42 Å². The van der Waals surface area contributed by atoms with Crippen molar-refractivity contribution in [3.8, 4) is 11.5 Å². The number of sulfonamides is 1. The molecule has 4 rings (SSSR count). The number of nitrogens with zero attached hydrogens (tertiary/aromatic N) is 2. The van der Waals surface area contributed by atoms with Crippen molar-refractivity contribution in [2.45, 2.75) is 38.5 Å². The molecule has 212 valence electrons. The Kier molecular flexibility index (Phi) is 9.44. The van der Waals surface area contributed by atoms with E-state index in [1.165, 1.54) is 28.6 Å². The second kappa shape index (κ2) is 13.0. The van der Waals surface area contributed by atoms with Crippen LogP contribution in [0.5, 0.6) is 11.5 Å². The van der Waals surface area contributed by atoms with Gasteiger partial charge in [-0.2, -0.15) is 4.31 Å². The molecule has 0 aliphatic carbocycles. The molecule has 0 atom stereocenters. The molecule has 0 saturated heterocycles. The highest BCUT2D eigenvalue weighted by atomic mass is 32.2. The van der Waals surface area contributed by atoms with Crippen LogP contribution >= 0.6 is 0 Å². The number of amides is 2. The summed E-state index contributed by atoms with van der Waals surface area (Å²) in [6.07, 6.45) is 1.50. The summed E-state index contributed by atoms with van der Waals surface area (Å²) in [5.74, 6) is 0.881. The third-order valence-corrected chi connectivity index (χ3v) is 8.81. The van der Waals surface area contributed by atoms with Gasteiger partial charge in [-0.15, -0.1) is 0 Å². The van der Waals surface area contributed by atoms with E-state index in [4.69, 9.17) is 9.47 Å². The number of carbonyl (C=O) groups excluding carboxylic acids is 2. The Bertz CT molecular complexity index is 1450. The van der Waals surface area contributed by atoms with Crippen molar-refractivity contribution < 1.29 is 27.5 Å². The van der Waals surface area contributed by atoms with E-state index in [1.54, 1.807) is 36.9 Å². The fourth-order valence-electron chi connectivity index (χ4n) is 4.49. The molecule has 1 heterocycles. The maximum absolute atomic E-state index is 12.9. The first-order valence-electron chi connectivity index (χ1n) is 13.4. The molecular weight excluding hydrogens is 530 g/mol. The van der Waals surface area contributed by atoms with E-state index in [0.717, 1.165) is 24.2 Å². The van der Waals surface area contributed by atoms with E-state index >= 15 is 0 Å². The summed E-state index contributed by atoms with van der Waals surface area (Å²) >= 11 is 0. The smallest absolute Gasteiger partial charge is 0.265 e. The second-order valence-electron chi connectivity index (χ2n) is 9.41. The summed E-state index contributed by atoms with van der Waals surface area (Å²) in [5.41, 5.74) is 2.48. The standard InChI is InChI=1S/C30H35N3O6S/c1-4-32(5-2)40(36,37)25-15-12-23(13-16-25)30(35)31-24-14-17-28-26(20-24)33(29(34)21-39-28)18-8-9-19-38-27-11-7-6-10-22(27)3/h6-7,10-17,20H,4-5,8-9,18-19,21H2,1-3H3,(H,31,35). The number of hydrogen-bond acceptors (Lipinski definition) is 6. The summed E-state index contributed by atoms with van der Waals surface area (Å²) in [6.45, 7) is 7.29. The predicted octanol–water partition coefficient (Wildman–Crippen LogP) is 4.86. The minimum absolute atomic E-state index is 0.0405. The predicted molar refractivity (Wildman–Crippen MR) is 155 cm³/mol. The van der Waals surface area contributed by atoms with Crippen molar-refractivity contribution >= 4 is 33.2 Å². The molecule has 0 saturated carbocycles. The van der Waals surface area contributed by atoms with Gasteiger partial charge >= 0.3 is 0 Å². The third kappa shape index (κ3) is 6.63. The molecule has 3 aromatic carbocycles. The number of hydrogen-bond donors (Lipinski definition) is 1. The van der Waals surface area contributed by atoms with Crippen LogP contribution in [0.2, 0.25) is 0 Å². The number of ether oxygens (including phenoxy) is 2. The topological polar surface area (TPSA) is 105 Å². The van der Waals surface area contributed by atoms with Crippen LogP contribution in [-0.2, 0) is 14.8 Å². The summed E-state index contributed by atoms with van der Waals surface area (Å²) in [6, 6.07) is 18.9. The van der Waals surface area contributed by atoms with E-state index in [0.29, 0.717) is 48.9 Å². The number of aryl methyl sites for hydroxylation is 1. The average molecular weight is 566 g/mol. The molecule has 10 heteroatoms. The van der Waals surface area contributed by atoms with Crippen molar-refractivity contribution in [2.24, 2.45) is 0 Å². The zero-order chi connectivity index (χ0) is 28.7. The van der Waals surface area contributed by atoms with Gasteiger partial charge in [0.15, 0.2) is 6.61 Å². The first kappa shape index (κ1) is 29.1. The fourth-order valence-corrected chi connectivity index (χ4v) is 5.95. The van der Waals surface area contributed by atoms with Gasteiger partial charge in [-0.1, -0.05) is 32.0 Å². The number of unbranched alkanes of at least 4 members (excludes halogenated alkanes) is 1. The van der Waals surface area contributed by atoms with Crippen molar-refractivity contribution in [3.05, 3.63) is 77.9 Å². The molecule has 1 aliphatic heterocycles. The SMILES string of the molecule is CCN(CC)S(=O)(=O)c1ccc(C(=O)Nc2ccc3c(c2)N(CCCCOc2ccccc2C)C(=O)CO3)cc1. The van der Waals surface area contributed by atoms with Crippen LogP contribution in [0, 0.1) is 6.92 Å². The lowest BCUT2D eigenvalue weighted by atomic mass is 10.1. The molecule has 0 spiro atoms. The molecule has 40 heavy (non-hydrogen) atoms. The lowest BCUT2D eigenvalue weighted by Crippen LogP contribution is -2.39. The molecule has 0 unspecified atom stereocenters. The fraction of sp³-hybridized carbons (Fsp3) is 0.333. The first-order chi connectivity index (χ1) is 19.2. The van der Waals surface area contributed by atoms with E-state index in [9.17, 15) is 18.0 Å². The molecule has 0 aromatic heterocycles. The minimum Gasteiger partial charge on any atom is -0.493 e.